The molecular formula is C12H17N5O3. The first kappa shape index (κ1) is 14.0. The molecule has 1 atom stereocenters. The lowest BCUT2D eigenvalue weighted by Crippen LogP contribution is -2.32. The van der Waals surface area contributed by atoms with E-state index >= 15 is 0 Å². The van der Waals surface area contributed by atoms with E-state index in [4.69, 9.17) is 0 Å². The van der Waals surface area contributed by atoms with E-state index in [1.165, 1.54) is 0 Å². The number of nitrogens with zero attached hydrogens (tertiary/aromatic N) is 2. The van der Waals surface area contributed by atoms with Gasteiger partial charge < -0.3 is 10.6 Å². The van der Waals surface area contributed by atoms with Gasteiger partial charge in [-0.1, -0.05) is 0 Å². The Labute approximate surface area is 115 Å². The van der Waals surface area contributed by atoms with Gasteiger partial charge in [0.1, 0.15) is 6.04 Å². The van der Waals surface area contributed by atoms with Crippen LogP contribution >= 0.6 is 0 Å². The van der Waals surface area contributed by atoms with Crippen LogP contribution in [0.3, 0.4) is 0 Å². The highest BCUT2D eigenvalue weighted by Crippen LogP contribution is 2.02. The summed E-state index contributed by atoms with van der Waals surface area (Å²) in [5, 5.41) is 11.4. The molecule has 8 nitrogen and oxygen atoms in total. The van der Waals surface area contributed by atoms with E-state index in [-0.39, 0.29) is 18.2 Å². The zero-order valence-electron chi connectivity index (χ0n) is 11.2. The zero-order chi connectivity index (χ0) is 14.5. The van der Waals surface area contributed by atoms with Gasteiger partial charge in [-0.25, -0.2) is 4.79 Å². The van der Waals surface area contributed by atoms with Crippen molar-refractivity contribution in [3.8, 4) is 0 Å². The molecule has 1 aromatic heterocycles. The van der Waals surface area contributed by atoms with Crippen LogP contribution in [0.2, 0.25) is 0 Å². The molecule has 1 aliphatic heterocycles. The highest BCUT2D eigenvalue weighted by atomic mass is 16.2. The van der Waals surface area contributed by atoms with Crippen LogP contribution in [0.15, 0.2) is 12.4 Å². The van der Waals surface area contributed by atoms with Gasteiger partial charge in [0.05, 0.1) is 12.7 Å². The smallest absolute Gasteiger partial charge is 0.322 e. The zero-order valence-corrected chi connectivity index (χ0v) is 11.2. The molecule has 0 saturated carbocycles. The fourth-order valence-corrected chi connectivity index (χ4v) is 1.93. The van der Waals surface area contributed by atoms with Gasteiger partial charge in [-0.2, -0.15) is 5.10 Å². The summed E-state index contributed by atoms with van der Waals surface area (Å²) in [7, 11) is 0. The minimum atomic E-state index is -0.609. The van der Waals surface area contributed by atoms with Gasteiger partial charge in [-0.3, -0.25) is 19.6 Å². The maximum atomic E-state index is 11.6. The van der Waals surface area contributed by atoms with Gasteiger partial charge in [0, 0.05) is 19.2 Å². The van der Waals surface area contributed by atoms with Crippen molar-refractivity contribution in [2.24, 2.45) is 0 Å². The molecule has 20 heavy (non-hydrogen) atoms. The molecule has 1 saturated heterocycles. The van der Waals surface area contributed by atoms with Crippen molar-refractivity contribution in [1.82, 2.24) is 25.7 Å². The second-order valence-corrected chi connectivity index (χ2v) is 4.68. The third-order valence-electron chi connectivity index (χ3n) is 2.94. The predicted octanol–water partition coefficient (Wildman–Crippen LogP) is -0.704. The number of nitrogens with one attached hydrogen (secondary N) is 3. The summed E-state index contributed by atoms with van der Waals surface area (Å²) in [5.74, 6) is -0.530. The molecule has 8 heteroatoms. The Morgan fingerprint density at radius 2 is 2.30 bits per heavy atom. The monoisotopic (exact) mass is 279 g/mol. The van der Waals surface area contributed by atoms with E-state index in [1.54, 1.807) is 10.9 Å². The normalized spacial score (nSPS) is 17.8. The SMILES string of the molecule is Cc1cnn(CCNC(=O)CC[C@@H]2NC(=O)NC2=O)c1. The lowest BCUT2D eigenvalue weighted by atomic mass is 10.1. The number of urea groups is 1. The number of carbonyl (C=O) groups is 3. The molecule has 0 unspecified atom stereocenters. The minimum absolute atomic E-state index is 0.150. The summed E-state index contributed by atoms with van der Waals surface area (Å²) >= 11 is 0. The van der Waals surface area contributed by atoms with E-state index in [1.807, 2.05) is 13.1 Å². The van der Waals surface area contributed by atoms with Crippen LogP contribution in [0.1, 0.15) is 18.4 Å². The highest BCUT2D eigenvalue weighted by Gasteiger charge is 2.29. The Morgan fingerprint density at radius 1 is 1.50 bits per heavy atom. The summed E-state index contributed by atoms with van der Waals surface area (Å²) in [6.07, 6.45) is 4.13. The molecule has 0 radical (unpaired) electrons. The van der Waals surface area contributed by atoms with E-state index in [2.05, 4.69) is 21.0 Å². The van der Waals surface area contributed by atoms with E-state index in [0.717, 1.165) is 5.56 Å². The van der Waals surface area contributed by atoms with Gasteiger partial charge in [-0.05, 0) is 18.9 Å². The third kappa shape index (κ3) is 3.81. The molecule has 0 aromatic carbocycles. The molecular weight excluding hydrogens is 262 g/mol. The molecule has 0 aliphatic carbocycles. The predicted molar refractivity (Wildman–Crippen MR) is 69.7 cm³/mol. The van der Waals surface area contributed by atoms with E-state index < -0.39 is 12.1 Å². The van der Waals surface area contributed by atoms with Gasteiger partial charge in [-0.15, -0.1) is 0 Å². The van der Waals surface area contributed by atoms with Crippen molar-refractivity contribution in [3.63, 3.8) is 0 Å². The molecule has 2 heterocycles. The lowest BCUT2D eigenvalue weighted by molar-refractivity contribution is -0.122. The summed E-state index contributed by atoms with van der Waals surface area (Å²) < 4.78 is 1.75. The summed E-state index contributed by atoms with van der Waals surface area (Å²) in [6, 6.07) is -1.11. The molecule has 0 spiro atoms. The van der Waals surface area contributed by atoms with Crippen molar-refractivity contribution in [2.75, 3.05) is 6.54 Å². The number of amides is 4. The average Bonchev–Trinajstić information content (AvgIpc) is 2.93. The third-order valence-corrected chi connectivity index (χ3v) is 2.94. The standard InChI is InChI=1S/C12H17N5O3/c1-8-6-14-17(7-8)5-4-13-10(18)3-2-9-11(19)16-12(20)15-9/h6-7,9H,2-5H2,1H3,(H,13,18)(H2,15,16,19,20)/t9-/m0/s1. The second-order valence-electron chi connectivity index (χ2n) is 4.68. The summed E-state index contributed by atoms with van der Waals surface area (Å²) in [4.78, 5) is 33.7. The van der Waals surface area contributed by atoms with Crippen molar-refractivity contribution in [1.29, 1.82) is 0 Å². The topological polar surface area (TPSA) is 105 Å². The summed E-state index contributed by atoms with van der Waals surface area (Å²) in [5.41, 5.74) is 1.07. The van der Waals surface area contributed by atoms with E-state index in [9.17, 15) is 14.4 Å². The molecule has 1 aromatic rings. The molecule has 3 N–H and O–H groups in total. The Morgan fingerprint density at radius 3 is 2.90 bits per heavy atom. The second kappa shape index (κ2) is 6.18. The largest absolute Gasteiger partial charge is 0.354 e. The molecule has 2 rings (SSSR count). The lowest BCUT2D eigenvalue weighted by Gasteiger charge is -2.08. The number of aryl methyl sites for hydroxylation is 1. The Kier molecular flexibility index (Phi) is 4.34. The van der Waals surface area contributed by atoms with Crippen LogP contribution in [0.5, 0.6) is 0 Å². The van der Waals surface area contributed by atoms with Crippen LogP contribution in [-0.4, -0.2) is 40.2 Å². The Bertz CT molecular complexity index is 525. The van der Waals surface area contributed by atoms with Gasteiger partial charge in [0.2, 0.25) is 5.91 Å². The maximum absolute atomic E-state index is 11.6. The van der Waals surface area contributed by atoms with Gasteiger partial charge in [0.25, 0.3) is 5.91 Å². The number of aromatic nitrogens is 2. The van der Waals surface area contributed by atoms with Crippen molar-refractivity contribution in [3.05, 3.63) is 18.0 Å². The molecule has 108 valence electrons. The van der Waals surface area contributed by atoms with Crippen molar-refractivity contribution in [2.45, 2.75) is 32.4 Å². The van der Waals surface area contributed by atoms with E-state index in [0.29, 0.717) is 19.5 Å². The first-order chi connectivity index (χ1) is 9.54. The number of rotatable bonds is 6. The van der Waals surface area contributed by atoms with Gasteiger partial charge in [0.15, 0.2) is 0 Å². The number of imide groups is 1. The van der Waals surface area contributed by atoms with Crippen molar-refractivity contribution >= 4 is 17.8 Å². The Balaban J connectivity index is 1.63. The molecule has 4 amide bonds. The quantitative estimate of drug-likeness (QED) is 0.598. The van der Waals surface area contributed by atoms with Crippen LogP contribution in [-0.2, 0) is 16.1 Å². The van der Waals surface area contributed by atoms with Crippen LogP contribution in [0, 0.1) is 6.92 Å². The van der Waals surface area contributed by atoms with Gasteiger partial charge >= 0.3 is 6.03 Å². The van der Waals surface area contributed by atoms with Crippen LogP contribution in [0.4, 0.5) is 4.79 Å². The van der Waals surface area contributed by atoms with Crippen LogP contribution < -0.4 is 16.0 Å². The fraction of sp³-hybridized carbons (Fsp3) is 0.500. The van der Waals surface area contributed by atoms with Crippen LogP contribution in [0.25, 0.3) is 0 Å². The highest BCUT2D eigenvalue weighted by molar-refractivity contribution is 6.04. The number of hydrogen-bond donors (Lipinski definition) is 3. The molecule has 1 aliphatic rings. The maximum Gasteiger partial charge on any atom is 0.322 e. The first-order valence-electron chi connectivity index (χ1n) is 6.42. The molecule has 0 bridgehead atoms. The number of carbonyl (C=O) groups excluding carboxylic acids is 3. The molecule has 1 fully saturated rings. The van der Waals surface area contributed by atoms with Crippen molar-refractivity contribution < 1.29 is 14.4 Å². The summed E-state index contributed by atoms with van der Waals surface area (Å²) in [6.45, 7) is 3.02. The number of hydrogen-bond acceptors (Lipinski definition) is 4. The minimum Gasteiger partial charge on any atom is -0.354 e. The fourth-order valence-electron chi connectivity index (χ4n) is 1.93. The Hall–Kier alpha value is -2.38. The first-order valence-corrected chi connectivity index (χ1v) is 6.42. The average molecular weight is 279 g/mol.